The van der Waals surface area contributed by atoms with Crippen LogP contribution in [0.1, 0.15) is 17.2 Å². The lowest BCUT2D eigenvalue weighted by Gasteiger charge is -2.12. The number of hydrogen-bond acceptors (Lipinski definition) is 5. The van der Waals surface area contributed by atoms with Crippen LogP contribution in [0.4, 0.5) is 5.69 Å². The standard InChI is InChI=1S/C9H13N3O3/c1-5-2-3-7(12(14)15)8(9(5)13)6(11)4-10/h2-3,6,13H,4,10-11H2,1H3/t6-/m1/s1. The first-order chi connectivity index (χ1) is 6.99. The fourth-order valence-electron chi connectivity index (χ4n) is 1.35. The van der Waals surface area contributed by atoms with Gasteiger partial charge in [-0.2, -0.15) is 0 Å². The lowest BCUT2D eigenvalue weighted by Crippen LogP contribution is -2.22. The van der Waals surface area contributed by atoms with Gasteiger partial charge in [0, 0.05) is 12.6 Å². The van der Waals surface area contributed by atoms with Crippen molar-refractivity contribution in [2.75, 3.05) is 6.54 Å². The summed E-state index contributed by atoms with van der Waals surface area (Å²) < 4.78 is 0. The molecule has 0 fully saturated rings. The van der Waals surface area contributed by atoms with Crippen LogP contribution in [0.15, 0.2) is 12.1 Å². The highest BCUT2D eigenvalue weighted by atomic mass is 16.6. The van der Waals surface area contributed by atoms with Crippen molar-refractivity contribution in [1.82, 2.24) is 0 Å². The van der Waals surface area contributed by atoms with E-state index in [-0.39, 0.29) is 23.5 Å². The number of benzene rings is 1. The molecule has 0 heterocycles. The molecule has 82 valence electrons. The molecule has 1 aromatic carbocycles. The summed E-state index contributed by atoms with van der Waals surface area (Å²) in [5.41, 5.74) is 11.4. The van der Waals surface area contributed by atoms with Crippen molar-refractivity contribution in [3.05, 3.63) is 33.4 Å². The molecule has 0 unspecified atom stereocenters. The number of phenols is 1. The van der Waals surface area contributed by atoms with Gasteiger partial charge >= 0.3 is 0 Å². The van der Waals surface area contributed by atoms with Crippen LogP contribution in [0.5, 0.6) is 5.75 Å². The molecule has 0 aliphatic carbocycles. The normalized spacial score (nSPS) is 12.5. The molecule has 15 heavy (non-hydrogen) atoms. The second-order valence-electron chi connectivity index (χ2n) is 3.26. The number of nitro benzene ring substituents is 1. The average molecular weight is 211 g/mol. The van der Waals surface area contributed by atoms with E-state index in [9.17, 15) is 15.2 Å². The maximum absolute atomic E-state index is 10.7. The van der Waals surface area contributed by atoms with Crippen LogP contribution < -0.4 is 11.5 Å². The predicted octanol–water partition coefficient (Wildman–Crippen LogP) is 0.567. The van der Waals surface area contributed by atoms with E-state index in [4.69, 9.17) is 11.5 Å². The van der Waals surface area contributed by atoms with Gasteiger partial charge in [0.15, 0.2) is 0 Å². The van der Waals surface area contributed by atoms with Gasteiger partial charge in [-0.25, -0.2) is 0 Å². The number of rotatable bonds is 3. The van der Waals surface area contributed by atoms with Crippen LogP contribution >= 0.6 is 0 Å². The molecule has 0 aliphatic heterocycles. The Morgan fingerprint density at radius 2 is 2.20 bits per heavy atom. The van der Waals surface area contributed by atoms with Crippen molar-refractivity contribution in [1.29, 1.82) is 0 Å². The van der Waals surface area contributed by atoms with Gasteiger partial charge in [0.25, 0.3) is 5.69 Å². The number of nitrogens with two attached hydrogens (primary N) is 2. The van der Waals surface area contributed by atoms with E-state index in [1.807, 2.05) is 0 Å². The van der Waals surface area contributed by atoms with Gasteiger partial charge in [0.2, 0.25) is 0 Å². The monoisotopic (exact) mass is 211 g/mol. The molecule has 1 aromatic rings. The van der Waals surface area contributed by atoms with Gasteiger partial charge in [-0.05, 0) is 18.6 Å². The molecule has 1 atom stereocenters. The third-order valence-corrected chi connectivity index (χ3v) is 2.22. The van der Waals surface area contributed by atoms with E-state index in [1.165, 1.54) is 12.1 Å². The summed E-state index contributed by atoms with van der Waals surface area (Å²) in [6.45, 7) is 1.68. The summed E-state index contributed by atoms with van der Waals surface area (Å²) in [4.78, 5) is 10.1. The molecule has 0 saturated heterocycles. The quantitative estimate of drug-likeness (QED) is 0.499. The minimum atomic E-state index is -0.731. The fourth-order valence-corrected chi connectivity index (χ4v) is 1.35. The van der Waals surface area contributed by atoms with Gasteiger partial charge in [-0.15, -0.1) is 0 Å². The minimum Gasteiger partial charge on any atom is -0.507 e. The van der Waals surface area contributed by atoms with Crippen LogP contribution in [-0.4, -0.2) is 16.6 Å². The summed E-state index contributed by atoms with van der Waals surface area (Å²) in [7, 11) is 0. The Balaban J connectivity index is 3.41. The van der Waals surface area contributed by atoms with Crippen molar-refractivity contribution < 1.29 is 10.0 Å². The smallest absolute Gasteiger partial charge is 0.277 e. The van der Waals surface area contributed by atoms with Gasteiger partial charge in [-0.3, -0.25) is 10.1 Å². The van der Waals surface area contributed by atoms with E-state index in [0.29, 0.717) is 5.56 Å². The summed E-state index contributed by atoms with van der Waals surface area (Å²) in [6, 6.07) is 2.06. The van der Waals surface area contributed by atoms with Crippen LogP contribution in [-0.2, 0) is 0 Å². The third kappa shape index (κ3) is 2.05. The van der Waals surface area contributed by atoms with Gasteiger partial charge < -0.3 is 16.6 Å². The number of phenolic OH excluding ortho intramolecular Hbond substituents is 1. The van der Waals surface area contributed by atoms with Crippen molar-refractivity contribution in [2.24, 2.45) is 11.5 Å². The summed E-state index contributed by atoms with van der Waals surface area (Å²) in [6.07, 6.45) is 0. The van der Waals surface area contributed by atoms with Crippen LogP contribution in [0, 0.1) is 17.0 Å². The Labute approximate surface area is 86.7 Å². The molecular formula is C9H13N3O3. The average Bonchev–Trinajstić information content (AvgIpc) is 2.20. The maximum atomic E-state index is 10.7. The van der Waals surface area contributed by atoms with Gasteiger partial charge in [0.1, 0.15) is 5.75 Å². The van der Waals surface area contributed by atoms with Gasteiger partial charge in [0.05, 0.1) is 16.5 Å². The maximum Gasteiger partial charge on any atom is 0.277 e. The first kappa shape index (κ1) is 11.4. The molecule has 0 aromatic heterocycles. The first-order valence-electron chi connectivity index (χ1n) is 4.41. The molecule has 1 rings (SSSR count). The fraction of sp³-hybridized carbons (Fsp3) is 0.333. The van der Waals surface area contributed by atoms with Crippen LogP contribution in [0.3, 0.4) is 0 Å². The second-order valence-corrected chi connectivity index (χ2v) is 3.26. The Kier molecular flexibility index (Phi) is 3.23. The SMILES string of the molecule is Cc1ccc([N+](=O)[O-])c([C@H](N)CN)c1O. The number of aryl methyl sites for hydroxylation is 1. The molecule has 6 heteroatoms. The van der Waals surface area contributed by atoms with E-state index in [1.54, 1.807) is 6.92 Å². The lowest BCUT2D eigenvalue weighted by molar-refractivity contribution is -0.385. The van der Waals surface area contributed by atoms with E-state index in [2.05, 4.69) is 0 Å². The van der Waals surface area contributed by atoms with Crippen LogP contribution in [0.25, 0.3) is 0 Å². The molecular weight excluding hydrogens is 198 g/mol. The molecule has 0 saturated carbocycles. The Bertz CT molecular complexity index is 392. The third-order valence-electron chi connectivity index (χ3n) is 2.22. The van der Waals surface area contributed by atoms with Crippen molar-refractivity contribution in [2.45, 2.75) is 13.0 Å². The molecule has 0 bridgehead atoms. The highest BCUT2D eigenvalue weighted by Crippen LogP contribution is 2.34. The van der Waals surface area contributed by atoms with E-state index >= 15 is 0 Å². The topological polar surface area (TPSA) is 115 Å². The highest BCUT2D eigenvalue weighted by molar-refractivity contribution is 5.54. The number of nitro groups is 1. The molecule has 0 aliphatic rings. The Morgan fingerprint density at radius 1 is 1.60 bits per heavy atom. The number of aromatic hydroxyl groups is 1. The first-order valence-corrected chi connectivity index (χ1v) is 4.41. The van der Waals surface area contributed by atoms with Crippen molar-refractivity contribution in [3.63, 3.8) is 0 Å². The summed E-state index contributed by atoms with van der Waals surface area (Å²) in [5, 5.41) is 20.4. The second kappa shape index (κ2) is 4.24. The zero-order valence-electron chi connectivity index (χ0n) is 8.30. The van der Waals surface area contributed by atoms with Crippen LogP contribution in [0.2, 0.25) is 0 Å². The molecule has 0 amide bonds. The molecule has 0 spiro atoms. The predicted molar refractivity (Wildman–Crippen MR) is 55.5 cm³/mol. The van der Waals surface area contributed by atoms with E-state index in [0.717, 1.165) is 0 Å². The van der Waals surface area contributed by atoms with Crippen molar-refractivity contribution in [3.8, 4) is 5.75 Å². The number of hydrogen-bond donors (Lipinski definition) is 3. The summed E-state index contributed by atoms with van der Waals surface area (Å²) in [5.74, 6) is -0.151. The zero-order chi connectivity index (χ0) is 11.6. The summed E-state index contributed by atoms with van der Waals surface area (Å²) >= 11 is 0. The Morgan fingerprint density at radius 3 is 2.67 bits per heavy atom. The largest absolute Gasteiger partial charge is 0.507 e. The van der Waals surface area contributed by atoms with E-state index < -0.39 is 11.0 Å². The molecule has 6 nitrogen and oxygen atoms in total. The highest BCUT2D eigenvalue weighted by Gasteiger charge is 2.23. The minimum absolute atomic E-state index is 0.0395. The number of nitrogens with zero attached hydrogens (tertiary/aromatic N) is 1. The van der Waals surface area contributed by atoms with Crippen molar-refractivity contribution >= 4 is 5.69 Å². The Hall–Kier alpha value is -1.66. The molecule has 5 N–H and O–H groups in total. The zero-order valence-corrected chi connectivity index (χ0v) is 8.30. The lowest BCUT2D eigenvalue weighted by atomic mass is 10.0. The molecule has 0 radical (unpaired) electrons. The van der Waals surface area contributed by atoms with Gasteiger partial charge in [-0.1, -0.05) is 0 Å².